The molecule has 2 amide bonds. The van der Waals surface area contributed by atoms with Crippen LogP contribution in [0.15, 0.2) is 0 Å². The second-order valence-corrected chi connectivity index (χ2v) is 8.28. The molecule has 0 bridgehead atoms. The zero-order valence-corrected chi connectivity index (χ0v) is 19.0. The summed E-state index contributed by atoms with van der Waals surface area (Å²) in [5.41, 5.74) is 0. The summed E-state index contributed by atoms with van der Waals surface area (Å²) in [6, 6.07) is -2.94. The van der Waals surface area contributed by atoms with Crippen molar-refractivity contribution >= 4 is 23.8 Å². The minimum absolute atomic E-state index is 0.345. The Morgan fingerprint density at radius 1 is 0.647 bits per heavy atom. The lowest BCUT2D eigenvalue weighted by Crippen LogP contribution is -2.59. The van der Waals surface area contributed by atoms with Crippen LogP contribution < -0.4 is 10.6 Å². The summed E-state index contributed by atoms with van der Waals surface area (Å²) in [4.78, 5) is 50.7. The lowest BCUT2D eigenvalue weighted by Gasteiger charge is -2.44. The van der Waals surface area contributed by atoms with Gasteiger partial charge in [-0.2, -0.15) is 0 Å². The van der Waals surface area contributed by atoms with Gasteiger partial charge in [0.1, 0.15) is 0 Å². The minimum atomic E-state index is -1.21. The van der Waals surface area contributed by atoms with Crippen LogP contribution in [0.25, 0.3) is 0 Å². The van der Waals surface area contributed by atoms with Gasteiger partial charge in [0.15, 0.2) is 0 Å². The molecule has 34 heavy (non-hydrogen) atoms. The van der Waals surface area contributed by atoms with Crippen molar-refractivity contribution in [1.29, 1.82) is 0 Å². The molecule has 1 fully saturated rings. The number of hydrogen-bond acceptors (Lipinski definition) is 10. The number of nitrogens with zero attached hydrogens (tertiary/aromatic N) is 2. The van der Waals surface area contributed by atoms with Gasteiger partial charge in [-0.1, -0.05) is 12.8 Å². The van der Waals surface area contributed by atoms with Crippen molar-refractivity contribution in [1.82, 2.24) is 20.4 Å². The smallest absolute Gasteiger partial charge is 0.317 e. The van der Waals surface area contributed by atoms with Gasteiger partial charge in [-0.25, -0.2) is 0 Å². The summed E-state index contributed by atoms with van der Waals surface area (Å²) < 4.78 is 0. The van der Waals surface area contributed by atoms with Crippen LogP contribution in [0.2, 0.25) is 0 Å². The second kappa shape index (κ2) is 15.5. The Labute approximate surface area is 197 Å². The van der Waals surface area contributed by atoms with E-state index in [0.29, 0.717) is 25.7 Å². The van der Waals surface area contributed by atoms with Gasteiger partial charge >= 0.3 is 11.9 Å². The SMILES string of the molecule is O=C(O)CN(CC(=O)O)[C@@H]1CCCC[C@H]1N(CC(=O)NC(CO)CO)CC(=O)NC(CO)CO. The lowest BCUT2D eigenvalue weighted by molar-refractivity contribution is -0.145. The number of carbonyl (C=O) groups excluding carboxylic acids is 2. The van der Waals surface area contributed by atoms with E-state index >= 15 is 0 Å². The molecule has 0 aliphatic heterocycles. The molecule has 8 N–H and O–H groups in total. The molecule has 0 heterocycles. The van der Waals surface area contributed by atoms with Crippen molar-refractivity contribution in [2.75, 3.05) is 52.6 Å². The van der Waals surface area contributed by atoms with Crippen LogP contribution in [0.3, 0.4) is 0 Å². The van der Waals surface area contributed by atoms with Crippen molar-refractivity contribution in [2.45, 2.75) is 49.9 Å². The first-order valence-electron chi connectivity index (χ1n) is 11.1. The van der Waals surface area contributed by atoms with Crippen molar-refractivity contribution in [3.63, 3.8) is 0 Å². The van der Waals surface area contributed by atoms with Gasteiger partial charge in [0.25, 0.3) is 0 Å². The van der Waals surface area contributed by atoms with E-state index in [-0.39, 0.29) is 13.1 Å². The molecule has 1 aliphatic carbocycles. The molecule has 1 saturated carbocycles. The number of rotatable bonds is 16. The Kier molecular flexibility index (Phi) is 13.5. The van der Waals surface area contributed by atoms with Crippen molar-refractivity contribution in [3.8, 4) is 0 Å². The van der Waals surface area contributed by atoms with E-state index in [4.69, 9.17) is 0 Å². The molecule has 14 nitrogen and oxygen atoms in total. The van der Waals surface area contributed by atoms with Gasteiger partial charge in [-0.05, 0) is 12.8 Å². The Bertz CT molecular complexity index is 628. The molecule has 14 heteroatoms. The Balaban J connectivity index is 3.17. The highest BCUT2D eigenvalue weighted by Gasteiger charge is 2.37. The first-order valence-corrected chi connectivity index (χ1v) is 11.1. The zero-order chi connectivity index (χ0) is 25.7. The summed E-state index contributed by atoms with van der Waals surface area (Å²) in [6.45, 7) is -3.78. The molecule has 2 atom stereocenters. The number of nitrogens with one attached hydrogen (secondary N) is 2. The molecule has 0 radical (unpaired) electrons. The fourth-order valence-corrected chi connectivity index (χ4v) is 4.09. The van der Waals surface area contributed by atoms with Crippen molar-refractivity contribution < 1.29 is 49.8 Å². The average Bonchev–Trinajstić information content (AvgIpc) is 2.79. The van der Waals surface area contributed by atoms with Crippen LogP contribution in [-0.2, 0) is 19.2 Å². The number of carbonyl (C=O) groups is 4. The molecule has 0 spiro atoms. The molecule has 0 unspecified atom stereocenters. The summed E-state index contributed by atoms with van der Waals surface area (Å²) in [6.07, 6.45) is 2.34. The molecule has 0 saturated heterocycles. The van der Waals surface area contributed by atoms with Gasteiger partial charge in [-0.15, -0.1) is 0 Å². The molecule has 0 aromatic heterocycles. The number of hydrogen-bond donors (Lipinski definition) is 8. The third-order valence-corrected chi connectivity index (χ3v) is 5.61. The molecule has 196 valence electrons. The summed E-state index contributed by atoms with van der Waals surface area (Å²) in [7, 11) is 0. The fraction of sp³-hybridized carbons (Fsp3) is 0.800. The average molecular weight is 493 g/mol. The number of carboxylic acids is 2. The van der Waals surface area contributed by atoms with E-state index < -0.39 is 87.4 Å². The predicted octanol–water partition coefficient (Wildman–Crippen LogP) is -3.99. The van der Waals surface area contributed by atoms with Crippen molar-refractivity contribution in [2.24, 2.45) is 0 Å². The molecule has 0 aromatic carbocycles. The Hall–Kier alpha value is -2.36. The highest BCUT2D eigenvalue weighted by Crippen LogP contribution is 2.27. The third-order valence-electron chi connectivity index (χ3n) is 5.61. The molecule has 0 aromatic rings. The number of aliphatic carboxylic acids is 2. The van der Waals surface area contributed by atoms with Crippen molar-refractivity contribution in [3.05, 3.63) is 0 Å². The maximum absolute atomic E-state index is 12.6. The van der Waals surface area contributed by atoms with Crippen LogP contribution in [-0.4, -0.2) is 141 Å². The maximum Gasteiger partial charge on any atom is 0.317 e. The van der Waals surface area contributed by atoms with Gasteiger partial charge in [-0.3, -0.25) is 29.0 Å². The summed E-state index contributed by atoms with van der Waals surface area (Å²) >= 11 is 0. The maximum atomic E-state index is 12.6. The number of amides is 2. The van der Waals surface area contributed by atoms with E-state index in [2.05, 4.69) is 10.6 Å². The highest BCUT2D eigenvalue weighted by molar-refractivity contribution is 5.81. The van der Waals surface area contributed by atoms with E-state index in [1.807, 2.05) is 0 Å². The first kappa shape index (κ1) is 29.7. The lowest BCUT2D eigenvalue weighted by atomic mass is 9.87. The molecular formula is C20H36N4O10. The van der Waals surface area contributed by atoms with E-state index in [1.165, 1.54) is 9.80 Å². The summed E-state index contributed by atoms with van der Waals surface area (Å²) in [5, 5.41) is 60.3. The number of carboxylic acid groups (broad SMARTS) is 2. The van der Waals surface area contributed by atoms with Crippen LogP contribution in [0, 0.1) is 0 Å². The predicted molar refractivity (Wildman–Crippen MR) is 117 cm³/mol. The second-order valence-electron chi connectivity index (χ2n) is 8.28. The number of aliphatic hydroxyl groups excluding tert-OH is 4. The Morgan fingerprint density at radius 3 is 1.26 bits per heavy atom. The zero-order valence-electron chi connectivity index (χ0n) is 19.0. The van der Waals surface area contributed by atoms with Crippen LogP contribution >= 0.6 is 0 Å². The fourth-order valence-electron chi connectivity index (χ4n) is 4.09. The largest absolute Gasteiger partial charge is 0.480 e. The van der Waals surface area contributed by atoms with Crippen LogP contribution in [0.1, 0.15) is 25.7 Å². The van der Waals surface area contributed by atoms with Crippen LogP contribution in [0.4, 0.5) is 0 Å². The monoisotopic (exact) mass is 492 g/mol. The first-order chi connectivity index (χ1) is 16.1. The van der Waals surface area contributed by atoms with Crippen LogP contribution in [0.5, 0.6) is 0 Å². The topological polar surface area (TPSA) is 220 Å². The quantitative estimate of drug-likeness (QED) is 0.103. The van der Waals surface area contributed by atoms with Gasteiger partial charge < -0.3 is 41.3 Å². The standard InChI is InChI=1S/C20H36N4O10/c25-9-13(10-26)21-17(29)5-23(6-18(30)22-14(11-27)12-28)15-3-1-2-4-16(15)24(7-19(31)32)8-20(33)34/h13-16,25-28H,1-12H2,(H,21,29)(H,22,30)(H,31,32)(H,33,34)/t15-,16-/m1/s1. The normalized spacial score (nSPS) is 18.5. The molecule has 1 rings (SSSR count). The van der Waals surface area contributed by atoms with Gasteiger partial charge in [0, 0.05) is 12.1 Å². The van der Waals surface area contributed by atoms with E-state index in [9.17, 15) is 49.8 Å². The van der Waals surface area contributed by atoms with E-state index in [1.54, 1.807) is 0 Å². The number of aliphatic hydroxyl groups is 4. The van der Waals surface area contributed by atoms with Gasteiger partial charge in [0.2, 0.25) is 11.8 Å². The van der Waals surface area contributed by atoms with E-state index in [0.717, 1.165) is 0 Å². The highest BCUT2D eigenvalue weighted by atomic mass is 16.4. The Morgan fingerprint density at radius 2 is 0.971 bits per heavy atom. The molecule has 1 aliphatic rings. The summed E-state index contributed by atoms with van der Waals surface area (Å²) in [5.74, 6) is -3.63. The minimum Gasteiger partial charge on any atom is -0.480 e. The molecular weight excluding hydrogens is 456 g/mol. The van der Waals surface area contributed by atoms with Gasteiger partial charge in [0.05, 0.1) is 64.7 Å². The third kappa shape index (κ3) is 10.3.